The molecule has 0 unspecified atom stereocenters. The minimum Gasteiger partial charge on any atom is -0.370 e. The predicted molar refractivity (Wildman–Crippen MR) is 86.2 cm³/mol. The average molecular weight is 354 g/mol. The number of carbonyl (C=O) groups excluding carboxylic acids is 1. The van der Waals surface area contributed by atoms with Crippen LogP contribution >= 0.6 is 27.3 Å². The lowest BCUT2D eigenvalue weighted by Gasteiger charge is -2.16. The van der Waals surface area contributed by atoms with Crippen molar-refractivity contribution in [1.82, 2.24) is 9.88 Å². The van der Waals surface area contributed by atoms with Gasteiger partial charge in [-0.15, -0.1) is 11.3 Å². The van der Waals surface area contributed by atoms with E-state index in [0.717, 1.165) is 21.7 Å². The highest BCUT2D eigenvalue weighted by Gasteiger charge is 2.14. The largest absolute Gasteiger partial charge is 0.370 e. The van der Waals surface area contributed by atoms with E-state index in [2.05, 4.69) is 26.2 Å². The Balaban J connectivity index is 2.07. The molecule has 106 valence electrons. The zero-order valence-electron chi connectivity index (χ0n) is 11.4. The Morgan fingerprint density at radius 2 is 2.30 bits per heavy atom. The number of aromatic nitrogens is 1. The first-order chi connectivity index (χ1) is 9.60. The number of rotatable bonds is 5. The number of nitrogens with one attached hydrogen (secondary N) is 1. The van der Waals surface area contributed by atoms with Gasteiger partial charge in [-0.1, -0.05) is 6.07 Å². The van der Waals surface area contributed by atoms with Crippen molar-refractivity contribution in [2.24, 2.45) is 0 Å². The van der Waals surface area contributed by atoms with Gasteiger partial charge in [-0.2, -0.15) is 0 Å². The monoisotopic (exact) mass is 353 g/mol. The van der Waals surface area contributed by atoms with E-state index in [1.807, 2.05) is 30.5 Å². The number of hydrogen-bond donors (Lipinski definition) is 1. The molecular formula is C14H16BrN3OS. The summed E-state index contributed by atoms with van der Waals surface area (Å²) in [7, 11) is 1.79. The highest BCUT2D eigenvalue weighted by atomic mass is 79.9. The van der Waals surface area contributed by atoms with Gasteiger partial charge in [0.15, 0.2) is 0 Å². The van der Waals surface area contributed by atoms with Crippen LogP contribution < -0.4 is 5.32 Å². The summed E-state index contributed by atoms with van der Waals surface area (Å²) in [5, 5.41) is 5.15. The topological polar surface area (TPSA) is 45.2 Å². The number of halogens is 1. The molecule has 2 aromatic rings. The Hall–Kier alpha value is -1.40. The van der Waals surface area contributed by atoms with E-state index in [4.69, 9.17) is 0 Å². The number of amides is 1. The zero-order valence-corrected chi connectivity index (χ0v) is 13.8. The minimum atomic E-state index is -0.0768. The van der Waals surface area contributed by atoms with E-state index in [1.54, 1.807) is 29.4 Å². The lowest BCUT2D eigenvalue weighted by molar-refractivity contribution is 0.0779. The van der Waals surface area contributed by atoms with Crippen LogP contribution in [0.15, 0.2) is 33.4 Å². The quantitative estimate of drug-likeness (QED) is 0.892. The summed E-state index contributed by atoms with van der Waals surface area (Å²) in [6.45, 7) is 3.36. The van der Waals surface area contributed by atoms with E-state index in [1.165, 1.54) is 0 Å². The summed E-state index contributed by atoms with van der Waals surface area (Å²) >= 11 is 5.04. The Kier molecular flexibility index (Phi) is 5.14. The second-order valence-corrected chi connectivity index (χ2v) is 6.65. The average Bonchev–Trinajstić information content (AvgIpc) is 2.84. The number of thiophene rings is 1. The van der Waals surface area contributed by atoms with E-state index in [9.17, 15) is 4.79 Å². The molecule has 0 spiro atoms. The lowest BCUT2D eigenvalue weighted by Crippen LogP contribution is -2.27. The van der Waals surface area contributed by atoms with Crippen molar-refractivity contribution in [1.29, 1.82) is 0 Å². The Bertz CT molecular complexity index is 600. The summed E-state index contributed by atoms with van der Waals surface area (Å²) in [4.78, 5) is 18.3. The van der Waals surface area contributed by atoms with Gasteiger partial charge in [0.05, 0.1) is 3.79 Å². The van der Waals surface area contributed by atoms with Gasteiger partial charge in [-0.05, 0) is 52.0 Å². The summed E-state index contributed by atoms with van der Waals surface area (Å²) in [6.07, 6.45) is 0. The summed E-state index contributed by atoms with van der Waals surface area (Å²) in [6, 6.07) is 7.46. The van der Waals surface area contributed by atoms with Gasteiger partial charge in [-0.3, -0.25) is 4.79 Å². The number of anilines is 1. The predicted octanol–water partition coefficient (Wildman–Crippen LogP) is 3.61. The summed E-state index contributed by atoms with van der Waals surface area (Å²) < 4.78 is 1.07. The van der Waals surface area contributed by atoms with Gasteiger partial charge in [0.2, 0.25) is 0 Å². The molecule has 1 N–H and O–H groups in total. The molecule has 0 aromatic carbocycles. The first kappa shape index (κ1) is 15.0. The van der Waals surface area contributed by atoms with Crippen LogP contribution in [-0.4, -0.2) is 29.4 Å². The molecule has 1 amide bonds. The molecule has 6 heteroatoms. The Morgan fingerprint density at radius 1 is 1.50 bits per heavy atom. The third kappa shape index (κ3) is 3.80. The van der Waals surface area contributed by atoms with Crippen LogP contribution in [-0.2, 0) is 6.54 Å². The van der Waals surface area contributed by atoms with Crippen molar-refractivity contribution >= 4 is 39.0 Å². The maximum absolute atomic E-state index is 12.3. The molecule has 0 atom stereocenters. The van der Waals surface area contributed by atoms with E-state index in [-0.39, 0.29) is 5.91 Å². The third-order valence-electron chi connectivity index (χ3n) is 2.71. The fourth-order valence-electron chi connectivity index (χ4n) is 1.80. The highest BCUT2D eigenvalue weighted by molar-refractivity contribution is 9.11. The Morgan fingerprint density at radius 3 is 2.95 bits per heavy atom. The molecule has 0 aliphatic heterocycles. The Labute approximate surface area is 131 Å². The smallest absolute Gasteiger partial charge is 0.272 e. The second kappa shape index (κ2) is 6.85. The van der Waals surface area contributed by atoms with Gasteiger partial charge in [0.1, 0.15) is 11.5 Å². The van der Waals surface area contributed by atoms with Crippen LogP contribution in [0, 0.1) is 0 Å². The molecule has 0 aliphatic carbocycles. The van der Waals surface area contributed by atoms with Gasteiger partial charge in [0, 0.05) is 20.1 Å². The fourth-order valence-corrected chi connectivity index (χ4v) is 3.00. The molecule has 0 fully saturated rings. The van der Waals surface area contributed by atoms with Gasteiger partial charge >= 0.3 is 0 Å². The summed E-state index contributed by atoms with van der Waals surface area (Å²) in [5.74, 6) is 0.650. The molecule has 0 aliphatic rings. The van der Waals surface area contributed by atoms with Crippen LogP contribution in [0.2, 0.25) is 0 Å². The molecule has 20 heavy (non-hydrogen) atoms. The molecule has 0 saturated heterocycles. The third-order valence-corrected chi connectivity index (χ3v) is 4.27. The zero-order chi connectivity index (χ0) is 14.5. The normalized spacial score (nSPS) is 10.3. The molecule has 2 heterocycles. The van der Waals surface area contributed by atoms with Crippen LogP contribution in [0.1, 0.15) is 23.0 Å². The molecule has 4 nitrogen and oxygen atoms in total. The SMILES string of the molecule is CCNc1cccc(C(=O)N(C)Cc2csc(Br)c2)n1. The molecule has 0 radical (unpaired) electrons. The first-order valence-electron chi connectivity index (χ1n) is 6.29. The highest BCUT2D eigenvalue weighted by Crippen LogP contribution is 2.21. The van der Waals surface area contributed by atoms with Crippen LogP contribution in [0.25, 0.3) is 0 Å². The molecule has 2 aromatic heterocycles. The molecular weight excluding hydrogens is 338 g/mol. The van der Waals surface area contributed by atoms with E-state index < -0.39 is 0 Å². The minimum absolute atomic E-state index is 0.0768. The van der Waals surface area contributed by atoms with Crippen molar-refractivity contribution in [2.75, 3.05) is 18.9 Å². The van der Waals surface area contributed by atoms with Crippen LogP contribution in [0.5, 0.6) is 0 Å². The standard InChI is InChI=1S/C14H16BrN3OS/c1-3-16-13-6-4-5-11(17-13)14(19)18(2)8-10-7-12(15)20-9-10/h4-7,9H,3,8H2,1-2H3,(H,16,17). The molecule has 2 rings (SSSR count). The lowest BCUT2D eigenvalue weighted by atomic mass is 10.2. The van der Waals surface area contributed by atoms with Crippen LogP contribution in [0.3, 0.4) is 0 Å². The number of carbonyl (C=O) groups is 1. The molecule has 0 bridgehead atoms. The summed E-state index contributed by atoms with van der Waals surface area (Å²) in [5.41, 5.74) is 1.57. The first-order valence-corrected chi connectivity index (χ1v) is 7.96. The second-order valence-electron chi connectivity index (χ2n) is 4.36. The van der Waals surface area contributed by atoms with E-state index in [0.29, 0.717) is 12.2 Å². The number of nitrogens with zero attached hydrogens (tertiary/aromatic N) is 2. The van der Waals surface area contributed by atoms with Gasteiger partial charge in [0.25, 0.3) is 5.91 Å². The van der Waals surface area contributed by atoms with E-state index >= 15 is 0 Å². The van der Waals surface area contributed by atoms with Crippen molar-refractivity contribution < 1.29 is 4.79 Å². The van der Waals surface area contributed by atoms with Gasteiger partial charge < -0.3 is 10.2 Å². The molecule has 0 saturated carbocycles. The van der Waals surface area contributed by atoms with Crippen molar-refractivity contribution in [3.8, 4) is 0 Å². The maximum atomic E-state index is 12.3. The van der Waals surface area contributed by atoms with Crippen LogP contribution in [0.4, 0.5) is 5.82 Å². The van der Waals surface area contributed by atoms with Crippen molar-refractivity contribution in [3.63, 3.8) is 0 Å². The number of pyridine rings is 1. The number of hydrogen-bond acceptors (Lipinski definition) is 4. The fraction of sp³-hybridized carbons (Fsp3) is 0.286. The van der Waals surface area contributed by atoms with Crippen molar-refractivity contribution in [2.45, 2.75) is 13.5 Å². The van der Waals surface area contributed by atoms with Crippen molar-refractivity contribution in [3.05, 3.63) is 44.7 Å². The van der Waals surface area contributed by atoms with Gasteiger partial charge in [-0.25, -0.2) is 4.98 Å². The maximum Gasteiger partial charge on any atom is 0.272 e.